The number of carboxylic acids is 1. The molecule has 200 valence electrons. The first-order valence-corrected chi connectivity index (χ1v) is 12.5. The van der Waals surface area contributed by atoms with Crippen molar-refractivity contribution < 1.29 is 32.7 Å². The lowest BCUT2D eigenvalue weighted by molar-refractivity contribution is -0.145. The fourth-order valence-corrected chi connectivity index (χ4v) is 5.28. The number of carboxylic acid groups (broad SMARTS) is 1. The number of H-pyrrole nitrogens is 1. The molecule has 1 unspecified atom stereocenters. The third-order valence-electron chi connectivity index (χ3n) is 6.05. The number of benzene rings is 2. The van der Waals surface area contributed by atoms with Crippen LogP contribution in [-0.4, -0.2) is 52.9 Å². The summed E-state index contributed by atoms with van der Waals surface area (Å²) in [5.41, 5.74) is 0.675. The number of aromatic amines is 1. The van der Waals surface area contributed by atoms with Crippen LogP contribution in [-0.2, 0) is 28.7 Å². The maximum Gasteiger partial charge on any atom is 0.416 e. The maximum absolute atomic E-state index is 13.5. The molecule has 2 N–H and O–H groups in total. The zero-order valence-corrected chi connectivity index (χ0v) is 21.2. The summed E-state index contributed by atoms with van der Waals surface area (Å²) in [5.74, 6) is -2.08. The molecule has 2 amide bonds. The average molecular weight is 576 g/mol. The fraction of sp³-hybridized carbons (Fsp3) is 0.160. The second-order valence-electron chi connectivity index (χ2n) is 8.61. The molecule has 1 saturated heterocycles. The molecule has 1 atom stereocenters. The SMILES string of the molecule is O=C(O)C(Cc1cnc[nH]1)N1C(=O)S/C(=C\c2ccc3c(cnn3Cc3ccc(Cl)cc3C(F)(F)F)c2)C1=O. The smallest absolute Gasteiger partial charge is 0.416 e. The summed E-state index contributed by atoms with van der Waals surface area (Å²) in [6.07, 6.45) is 0.999. The number of aliphatic carboxylic acids is 1. The number of nitrogens with zero attached hydrogens (tertiary/aromatic N) is 4. The monoisotopic (exact) mass is 575 g/mol. The van der Waals surface area contributed by atoms with Crippen molar-refractivity contribution in [2.45, 2.75) is 25.2 Å². The van der Waals surface area contributed by atoms with Gasteiger partial charge in [-0.3, -0.25) is 19.2 Å². The number of thioether (sulfide) groups is 1. The highest BCUT2D eigenvalue weighted by Gasteiger charge is 2.43. The van der Waals surface area contributed by atoms with Gasteiger partial charge in [-0.2, -0.15) is 18.3 Å². The Kier molecular flexibility index (Phi) is 6.95. The van der Waals surface area contributed by atoms with E-state index >= 15 is 0 Å². The molecule has 14 heteroatoms. The summed E-state index contributed by atoms with van der Waals surface area (Å²) in [6, 6.07) is 7.07. The molecule has 1 fully saturated rings. The van der Waals surface area contributed by atoms with Crippen molar-refractivity contribution in [2.24, 2.45) is 0 Å². The number of halogens is 4. The summed E-state index contributed by atoms with van der Waals surface area (Å²) in [4.78, 5) is 44.8. The normalized spacial score (nSPS) is 16.0. The second-order valence-corrected chi connectivity index (χ2v) is 10.0. The molecule has 0 spiro atoms. The van der Waals surface area contributed by atoms with E-state index in [0.717, 1.165) is 6.07 Å². The number of nitrogens with one attached hydrogen (secondary N) is 1. The summed E-state index contributed by atoms with van der Waals surface area (Å²) < 4.78 is 41.9. The van der Waals surface area contributed by atoms with Crippen LogP contribution in [0.4, 0.5) is 18.0 Å². The van der Waals surface area contributed by atoms with Gasteiger partial charge in [0.1, 0.15) is 6.04 Å². The van der Waals surface area contributed by atoms with E-state index in [1.807, 2.05) is 0 Å². The molecular formula is C25H17ClF3N5O4S. The van der Waals surface area contributed by atoms with E-state index in [9.17, 15) is 32.7 Å². The average Bonchev–Trinajstić information content (AvgIpc) is 3.59. The van der Waals surface area contributed by atoms with Crippen LogP contribution in [0.15, 0.2) is 60.0 Å². The minimum Gasteiger partial charge on any atom is -0.480 e. The van der Waals surface area contributed by atoms with Crippen molar-refractivity contribution in [1.29, 1.82) is 0 Å². The van der Waals surface area contributed by atoms with Crippen LogP contribution in [0.2, 0.25) is 5.02 Å². The summed E-state index contributed by atoms with van der Waals surface area (Å²) in [6.45, 7) is -0.152. The first-order valence-electron chi connectivity index (χ1n) is 11.3. The predicted molar refractivity (Wildman–Crippen MR) is 137 cm³/mol. The minimum atomic E-state index is -4.59. The topological polar surface area (TPSA) is 121 Å². The number of alkyl halides is 3. The van der Waals surface area contributed by atoms with Gasteiger partial charge in [0.05, 0.1) is 35.1 Å². The van der Waals surface area contributed by atoms with Gasteiger partial charge in [-0.15, -0.1) is 0 Å². The summed E-state index contributed by atoms with van der Waals surface area (Å²) in [7, 11) is 0. The van der Waals surface area contributed by atoms with E-state index in [2.05, 4.69) is 15.1 Å². The van der Waals surface area contributed by atoms with Crippen molar-refractivity contribution in [1.82, 2.24) is 24.6 Å². The Morgan fingerprint density at radius 3 is 2.67 bits per heavy atom. The Balaban J connectivity index is 1.40. The molecule has 0 radical (unpaired) electrons. The molecule has 4 aromatic rings. The zero-order valence-electron chi connectivity index (χ0n) is 19.6. The van der Waals surface area contributed by atoms with Gasteiger partial charge in [-0.25, -0.2) is 9.78 Å². The van der Waals surface area contributed by atoms with E-state index in [1.54, 1.807) is 18.2 Å². The van der Waals surface area contributed by atoms with E-state index in [4.69, 9.17) is 11.6 Å². The molecule has 9 nitrogen and oxygen atoms in total. The molecule has 0 saturated carbocycles. The van der Waals surface area contributed by atoms with Crippen molar-refractivity contribution in [3.8, 4) is 0 Å². The lowest BCUT2D eigenvalue weighted by atomic mass is 10.1. The lowest BCUT2D eigenvalue weighted by Gasteiger charge is -2.20. The number of rotatable bonds is 7. The third kappa shape index (κ3) is 5.40. The Hall–Kier alpha value is -4.10. The van der Waals surface area contributed by atoms with Gasteiger partial charge in [0, 0.05) is 28.7 Å². The van der Waals surface area contributed by atoms with Crippen LogP contribution in [0, 0.1) is 0 Å². The lowest BCUT2D eigenvalue weighted by Crippen LogP contribution is -2.45. The number of carbonyl (C=O) groups excluding carboxylic acids is 2. The first-order chi connectivity index (χ1) is 18.5. The quantitative estimate of drug-likeness (QED) is 0.290. The Labute approximate surface area is 227 Å². The van der Waals surface area contributed by atoms with Crippen LogP contribution in [0.1, 0.15) is 22.4 Å². The third-order valence-corrected chi connectivity index (χ3v) is 7.17. The van der Waals surface area contributed by atoms with Gasteiger partial charge in [-0.1, -0.05) is 23.7 Å². The van der Waals surface area contributed by atoms with Gasteiger partial charge in [0.2, 0.25) is 0 Å². The molecule has 2 aromatic carbocycles. The first kappa shape index (κ1) is 26.5. The van der Waals surface area contributed by atoms with Gasteiger partial charge in [0.15, 0.2) is 0 Å². The molecule has 5 rings (SSSR count). The van der Waals surface area contributed by atoms with Crippen molar-refractivity contribution in [2.75, 3.05) is 0 Å². The van der Waals surface area contributed by atoms with Crippen LogP contribution >= 0.6 is 23.4 Å². The number of imide groups is 1. The number of amides is 2. The molecule has 1 aliphatic rings. The number of hydrogen-bond acceptors (Lipinski definition) is 6. The van der Waals surface area contributed by atoms with Crippen LogP contribution < -0.4 is 0 Å². The van der Waals surface area contributed by atoms with E-state index in [1.165, 1.54) is 41.6 Å². The van der Waals surface area contributed by atoms with E-state index in [-0.39, 0.29) is 28.5 Å². The standard InChI is InChI=1S/C25H17ClF3N5O4S/c26-16-3-2-14(18(7-16)25(27,28)29)11-33-19-4-1-13(5-15(19)9-32-33)6-21-22(35)34(24(38)39-21)20(23(36)37)8-17-10-30-12-31-17/h1-7,9-10,12,20H,8,11H2,(H,30,31)(H,36,37)/b21-6-. The fourth-order valence-electron chi connectivity index (χ4n) is 4.23. The van der Waals surface area contributed by atoms with Gasteiger partial charge >= 0.3 is 12.1 Å². The molecule has 2 aromatic heterocycles. The molecule has 0 aliphatic carbocycles. The number of carbonyl (C=O) groups is 3. The van der Waals surface area contributed by atoms with Crippen molar-refractivity contribution in [3.63, 3.8) is 0 Å². The van der Waals surface area contributed by atoms with Gasteiger partial charge in [0.25, 0.3) is 11.1 Å². The highest BCUT2D eigenvalue weighted by Crippen LogP contribution is 2.36. The number of aromatic nitrogens is 4. The molecule has 39 heavy (non-hydrogen) atoms. The zero-order chi connectivity index (χ0) is 27.9. The summed E-state index contributed by atoms with van der Waals surface area (Å²) in [5, 5.41) is 13.7. The minimum absolute atomic E-state index is 0.00207. The predicted octanol–water partition coefficient (Wildman–Crippen LogP) is 5.21. The highest BCUT2D eigenvalue weighted by molar-refractivity contribution is 8.18. The van der Waals surface area contributed by atoms with E-state index in [0.29, 0.717) is 38.8 Å². The van der Waals surface area contributed by atoms with Crippen molar-refractivity contribution >= 4 is 57.5 Å². The Bertz CT molecular complexity index is 1630. The van der Waals surface area contributed by atoms with Crippen LogP contribution in [0.5, 0.6) is 0 Å². The second kappa shape index (κ2) is 10.2. The van der Waals surface area contributed by atoms with Crippen molar-refractivity contribution in [3.05, 3.63) is 87.4 Å². The van der Waals surface area contributed by atoms with Crippen LogP contribution in [0.3, 0.4) is 0 Å². The molecule has 3 heterocycles. The Morgan fingerprint density at radius 1 is 1.18 bits per heavy atom. The van der Waals surface area contributed by atoms with Gasteiger partial charge < -0.3 is 10.1 Å². The van der Waals surface area contributed by atoms with Gasteiger partial charge in [-0.05, 0) is 53.2 Å². The van der Waals surface area contributed by atoms with Crippen LogP contribution in [0.25, 0.3) is 17.0 Å². The number of hydrogen-bond donors (Lipinski definition) is 2. The number of imidazole rings is 1. The Morgan fingerprint density at radius 2 is 1.97 bits per heavy atom. The molecule has 0 bridgehead atoms. The molecular weight excluding hydrogens is 559 g/mol. The molecule has 1 aliphatic heterocycles. The highest BCUT2D eigenvalue weighted by atomic mass is 35.5. The summed E-state index contributed by atoms with van der Waals surface area (Å²) >= 11 is 6.39. The number of fused-ring (bicyclic) bond motifs is 1. The van der Waals surface area contributed by atoms with E-state index < -0.39 is 34.9 Å². The largest absolute Gasteiger partial charge is 0.480 e. The maximum atomic E-state index is 13.5.